The van der Waals surface area contributed by atoms with E-state index in [1.165, 1.54) is 7.11 Å². The molecule has 0 saturated heterocycles. The predicted octanol–water partition coefficient (Wildman–Crippen LogP) is 4.63. The third-order valence-corrected chi connectivity index (χ3v) is 4.20. The highest BCUT2D eigenvalue weighted by Crippen LogP contribution is 2.32. The summed E-state index contributed by atoms with van der Waals surface area (Å²) in [5.41, 5.74) is 2.95. The number of ether oxygens (including phenoxy) is 2. The van der Waals surface area contributed by atoms with Gasteiger partial charge in [0.2, 0.25) is 6.10 Å². The summed E-state index contributed by atoms with van der Waals surface area (Å²) < 4.78 is 11.4. The lowest BCUT2D eigenvalue weighted by molar-refractivity contribution is -0.123. The molecule has 140 valence electrons. The fraction of sp³-hybridized carbons (Fsp3) is 0.130. The van der Waals surface area contributed by atoms with Gasteiger partial charge in [0.05, 0.1) is 18.7 Å². The Morgan fingerprint density at radius 1 is 1.00 bits per heavy atom. The number of amides is 1. The van der Waals surface area contributed by atoms with Gasteiger partial charge in [0.25, 0.3) is 5.91 Å². The number of hydrogen-bond donors (Lipinski definition) is 1. The molecule has 0 aliphatic heterocycles. The first-order chi connectivity index (χ1) is 13.6. The number of nitrogens with zero attached hydrogens (tertiary/aromatic N) is 1. The molecule has 0 aromatic heterocycles. The van der Waals surface area contributed by atoms with Crippen molar-refractivity contribution in [1.82, 2.24) is 0 Å². The summed E-state index contributed by atoms with van der Waals surface area (Å²) >= 11 is 0. The molecule has 5 nitrogen and oxygen atoms in total. The zero-order valence-electron chi connectivity index (χ0n) is 15.7. The molecule has 0 fully saturated rings. The zero-order valence-corrected chi connectivity index (χ0v) is 15.7. The molecule has 3 aromatic rings. The molecule has 0 heterocycles. The Labute approximate surface area is 164 Å². The molecular weight excluding hydrogens is 352 g/mol. The molecule has 0 spiro atoms. The first-order valence-corrected chi connectivity index (χ1v) is 8.78. The maximum Gasteiger partial charge on any atom is 0.270 e. The number of benzene rings is 3. The van der Waals surface area contributed by atoms with Crippen LogP contribution in [0.25, 0.3) is 0 Å². The number of carbonyl (C=O) groups excluding carboxylic acids is 1. The highest BCUT2D eigenvalue weighted by atomic mass is 16.5. The van der Waals surface area contributed by atoms with Crippen LogP contribution in [0.5, 0.6) is 11.5 Å². The molecule has 1 N–H and O–H groups in total. The van der Waals surface area contributed by atoms with E-state index in [9.17, 15) is 4.79 Å². The number of carbonyl (C=O) groups is 1. The number of methoxy groups -OCH3 is 1. The van der Waals surface area contributed by atoms with Crippen molar-refractivity contribution in [2.75, 3.05) is 12.4 Å². The van der Waals surface area contributed by atoms with Gasteiger partial charge in [-0.25, -0.2) is 0 Å². The standard InChI is InChI=1S/C23H20N2O3/c1-16-8-11-19(12-9-16)25-23(26)22(18-6-4-3-5-7-18)28-20-13-10-17(15-24)14-21(20)27-2/h3-14,22H,1-2H3,(H,25,26)/t22-/m1/s1. The SMILES string of the molecule is COc1cc(C#N)ccc1O[C@@H](C(=O)Nc1ccc(C)cc1)c1ccccc1. The van der Waals surface area contributed by atoms with E-state index in [4.69, 9.17) is 14.7 Å². The lowest BCUT2D eigenvalue weighted by atomic mass is 10.1. The number of aryl methyl sites for hydroxylation is 1. The molecule has 1 amide bonds. The summed E-state index contributed by atoms with van der Waals surface area (Å²) in [5, 5.41) is 12.0. The molecule has 5 heteroatoms. The van der Waals surface area contributed by atoms with Crippen LogP contribution < -0.4 is 14.8 Å². The highest BCUT2D eigenvalue weighted by molar-refractivity contribution is 5.95. The van der Waals surface area contributed by atoms with Gasteiger partial charge in [-0.2, -0.15) is 5.26 Å². The summed E-state index contributed by atoms with van der Waals surface area (Å²) in [4.78, 5) is 13.0. The van der Waals surface area contributed by atoms with E-state index in [1.54, 1.807) is 18.2 Å². The molecule has 1 atom stereocenters. The predicted molar refractivity (Wildman–Crippen MR) is 107 cm³/mol. The molecule has 0 aliphatic carbocycles. The smallest absolute Gasteiger partial charge is 0.270 e. The number of rotatable bonds is 6. The van der Waals surface area contributed by atoms with Crippen LogP contribution in [0.3, 0.4) is 0 Å². The van der Waals surface area contributed by atoms with Crippen molar-refractivity contribution in [3.8, 4) is 17.6 Å². The zero-order chi connectivity index (χ0) is 19.9. The van der Waals surface area contributed by atoms with Gasteiger partial charge in [-0.3, -0.25) is 4.79 Å². The maximum absolute atomic E-state index is 13.0. The van der Waals surface area contributed by atoms with Gasteiger partial charge in [-0.05, 0) is 31.2 Å². The van der Waals surface area contributed by atoms with E-state index in [0.29, 0.717) is 28.3 Å². The summed E-state index contributed by atoms with van der Waals surface area (Å²) in [5.74, 6) is 0.471. The monoisotopic (exact) mass is 372 g/mol. The molecule has 0 radical (unpaired) electrons. The highest BCUT2D eigenvalue weighted by Gasteiger charge is 2.24. The van der Waals surface area contributed by atoms with Crippen LogP contribution in [0.4, 0.5) is 5.69 Å². The second-order valence-corrected chi connectivity index (χ2v) is 6.24. The first-order valence-electron chi connectivity index (χ1n) is 8.78. The van der Waals surface area contributed by atoms with Gasteiger partial charge in [0, 0.05) is 17.3 Å². The lowest BCUT2D eigenvalue weighted by Gasteiger charge is -2.20. The Kier molecular flexibility index (Phi) is 5.93. The third kappa shape index (κ3) is 4.49. The number of anilines is 1. The molecule has 0 unspecified atom stereocenters. The molecule has 0 bridgehead atoms. The van der Waals surface area contributed by atoms with E-state index in [1.807, 2.05) is 61.5 Å². The van der Waals surface area contributed by atoms with E-state index in [0.717, 1.165) is 5.56 Å². The Bertz CT molecular complexity index is 993. The Morgan fingerprint density at radius 2 is 1.71 bits per heavy atom. The Balaban J connectivity index is 1.91. The summed E-state index contributed by atoms with van der Waals surface area (Å²) in [7, 11) is 1.49. The Morgan fingerprint density at radius 3 is 2.36 bits per heavy atom. The van der Waals surface area contributed by atoms with Crippen molar-refractivity contribution in [3.05, 3.63) is 89.5 Å². The third-order valence-electron chi connectivity index (χ3n) is 4.20. The molecular formula is C23H20N2O3. The van der Waals surface area contributed by atoms with Crippen LogP contribution in [0.15, 0.2) is 72.8 Å². The minimum atomic E-state index is -0.885. The molecule has 28 heavy (non-hydrogen) atoms. The molecule has 3 rings (SSSR count). The van der Waals surface area contributed by atoms with Crippen LogP contribution in [-0.2, 0) is 4.79 Å². The van der Waals surface area contributed by atoms with Gasteiger partial charge in [0.1, 0.15) is 0 Å². The fourth-order valence-corrected chi connectivity index (χ4v) is 2.71. The average Bonchev–Trinajstić information content (AvgIpc) is 2.74. The minimum Gasteiger partial charge on any atom is -0.493 e. The minimum absolute atomic E-state index is 0.304. The summed E-state index contributed by atoms with van der Waals surface area (Å²) in [6.45, 7) is 1.98. The maximum atomic E-state index is 13.0. The van der Waals surface area contributed by atoms with Crippen LogP contribution in [0.2, 0.25) is 0 Å². The number of nitriles is 1. The van der Waals surface area contributed by atoms with Crippen molar-refractivity contribution >= 4 is 11.6 Å². The van der Waals surface area contributed by atoms with Gasteiger partial charge in [0.15, 0.2) is 11.5 Å². The average molecular weight is 372 g/mol. The number of hydrogen-bond acceptors (Lipinski definition) is 4. The second kappa shape index (κ2) is 8.74. The van der Waals surface area contributed by atoms with Crippen molar-refractivity contribution < 1.29 is 14.3 Å². The largest absolute Gasteiger partial charge is 0.493 e. The van der Waals surface area contributed by atoms with Gasteiger partial charge < -0.3 is 14.8 Å². The van der Waals surface area contributed by atoms with Crippen molar-refractivity contribution in [1.29, 1.82) is 5.26 Å². The van der Waals surface area contributed by atoms with E-state index in [2.05, 4.69) is 11.4 Å². The molecule has 0 aliphatic rings. The molecule has 3 aromatic carbocycles. The van der Waals surface area contributed by atoms with Crippen molar-refractivity contribution in [2.45, 2.75) is 13.0 Å². The van der Waals surface area contributed by atoms with Crippen molar-refractivity contribution in [3.63, 3.8) is 0 Å². The van der Waals surface area contributed by atoms with E-state index in [-0.39, 0.29) is 5.91 Å². The van der Waals surface area contributed by atoms with Crippen molar-refractivity contribution in [2.24, 2.45) is 0 Å². The normalized spacial score (nSPS) is 11.2. The topological polar surface area (TPSA) is 71.3 Å². The van der Waals surface area contributed by atoms with E-state index < -0.39 is 6.10 Å². The van der Waals surface area contributed by atoms with E-state index >= 15 is 0 Å². The summed E-state index contributed by atoms with van der Waals surface area (Å²) in [6, 6.07) is 23.7. The van der Waals surface area contributed by atoms with Crippen LogP contribution >= 0.6 is 0 Å². The van der Waals surface area contributed by atoms with Gasteiger partial charge >= 0.3 is 0 Å². The number of nitrogens with one attached hydrogen (secondary N) is 1. The summed E-state index contributed by atoms with van der Waals surface area (Å²) in [6.07, 6.45) is -0.885. The lowest BCUT2D eigenvalue weighted by Crippen LogP contribution is -2.25. The quantitative estimate of drug-likeness (QED) is 0.684. The van der Waals surface area contributed by atoms with Crippen LogP contribution in [0, 0.1) is 18.3 Å². The molecule has 0 saturated carbocycles. The van der Waals surface area contributed by atoms with Crippen LogP contribution in [-0.4, -0.2) is 13.0 Å². The van der Waals surface area contributed by atoms with Gasteiger partial charge in [-0.15, -0.1) is 0 Å². The Hall–Kier alpha value is -3.78. The van der Waals surface area contributed by atoms with Gasteiger partial charge in [-0.1, -0.05) is 48.0 Å². The first kappa shape index (κ1) is 19.0. The van der Waals surface area contributed by atoms with Crippen LogP contribution in [0.1, 0.15) is 22.8 Å². The fourth-order valence-electron chi connectivity index (χ4n) is 2.71. The second-order valence-electron chi connectivity index (χ2n) is 6.24.